The van der Waals surface area contributed by atoms with Crippen LogP contribution in [0.3, 0.4) is 0 Å². The highest BCUT2D eigenvalue weighted by Gasteiger charge is 2.18. The molecular formula is C15H16ClFN2O2S. The van der Waals surface area contributed by atoms with Gasteiger partial charge in [-0.25, -0.2) is 17.5 Å². The van der Waals surface area contributed by atoms with Crippen molar-refractivity contribution in [1.82, 2.24) is 4.72 Å². The smallest absolute Gasteiger partial charge is 0.243 e. The highest BCUT2D eigenvalue weighted by molar-refractivity contribution is 7.89. The van der Waals surface area contributed by atoms with Crippen molar-refractivity contribution >= 4 is 27.3 Å². The average molecular weight is 343 g/mol. The van der Waals surface area contributed by atoms with Gasteiger partial charge >= 0.3 is 0 Å². The molecule has 0 aliphatic heterocycles. The summed E-state index contributed by atoms with van der Waals surface area (Å²) in [5.41, 5.74) is 1.79. The highest BCUT2D eigenvalue weighted by atomic mass is 35.5. The number of hydrogen-bond donors (Lipinski definition) is 1. The number of benzene rings is 2. The van der Waals surface area contributed by atoms with Gasteiger partial charge in [0.25, 0.3) is 0 Å². The fraction of sp³-hybridized carbons (Fsp3) is 0.200. The summed E-state index contributed by atoms with van der Waals surface area (Å²) in [5, 5.41) is 0.149. The maximum Gasteiger partial charge on any atom is 0.243 e. The summed E-state index contributed by atoms with van der Waals surface area (Å²) in [5.74, 6) is -0.872. The van der Waals surface area contributed by atoms with Crippen molar-refractivity contribution in [3.63, 3.8) is 0 Å². The molecule has 2 aromatic carbocycles. The lowest BCUT2D eigenvalue weighted by Crippen LogP contribution is -2.24. The van der Waals surface area contributed by atoms with Gasteiger partial charge in [-0.15, -0.1) is 0 Å². The molecule has 0 saturated heterocycles. The summed E-state index contributed by atoms with van der Waals surface area (Å²) < 4.78 is 40.3. The van der Waals surface area contributed by atoms with E-state index in [0.29, 0.717) is 0 Å². The molecule has 2 aromatic rings. The normalized spacial score (nSPS) is 11.5. The van der Waals surface area contributed by atoms with E-state index in [1.807, 2.05) is 43.3 Å². The molecule has 118 valence electrons. The Morgan fingerprint density at radius 2 is 1.77 bits per heavy atom. The average Bonchev–Trinajstić information content (AvgIpc) is 2.45. The van der Waals surface area contributed by atoms with E-state index in [1.54, 1.807) is 0 Å². The van der Waals surface area contributed by atoms with Gasteiger partial charge in [-0.1, -0.05) is 23.7 Å². The number of rotatable bonds is 5. The molecular weight excluding hydrogens is 327 g/mol. The predicted octanol–water partition coefficient (Wildman–Crippen LogP) is 3.02. The maximum absolute atomic E-state index is 13.7. The third-order valence-corrected chi connectivity index (χ3v) is 4.77. The fourth-order valence-electron chi connectivity index (χ4n) is 1.86. The molecule has 0 unspecified atom stereocenters. The number of nitrogens with zero attached hydrogens (tertiary/aromatic N) is 1. The van der Waals surface area contributed by atoms with Crippen molar-refractivity contribution in [3.8, 4) is 0 Å². The van der Waals surface area contributed by atoms with E-state index in [4.69, 9.17) is 11.6 Å². The van der Waals surface area contributed by atoms with E-state index in [2.05, 4.69) is 4.72 Å². The van der Waals surface area contributed by atoms with E-state index in [1.165, 1.54) is 6.07 Å². The molecule has 0 aliphatic rings. The van der Waals surface area contributed by atoms with Gasteiger partial charge in [0.2, 0.25) is 10.0 Å². The molecule has 0 amide bonds. The Morgan fingerprint density at radius 1 is 1.14 bits per heavy atom. The Kier molecular flexibility index (Phi) is 5.05. The number of hydrogen-bond acceptors (Lipinski definition) is 3. The van der Waals surface area contributed by atoms with Crippen molar-refractivity contribution in [3.05, 3.63) is 58.9 Å². The Balaban J connectivity index is 2.12. The van der Waals surface area contributed by atoms with Crippen LogP contribution in [0.25, 0.3) is 0 Å². The summed E-state index contributed by atoms with van der Waals surface area (Å²) in [4.78, 5) is 1.53. The quantitative estimate of drug-likeness (QED) is 0.908. The number of nitrogens with one attached hydrogen (secondary N) is 1. The summed E-state index contributed by atoms with van der Waals surface area (Å²) in [6, 6.07) is 10.9. The zero-order valence-corrected chi connectivity index (χ0v) is 13.7. The second kappa shape index (κ2) is 6.64. The van der Waals surface area contributed by atoms with Crippen LogP contribution in [-0.2, 0) is 16.6 Å². The highest BCUT2D eigenvalue weighted by Crippen LogP contribution is 2.19. The van der Waals surface area contributed by atoms with Gasteiger partial charge < -0.3 is 4.90 Å². The second-order valence-electron chi connectivity index (χ2n) is 4.96. The van der Waals surface area contributed by atoms with Crippen molar-refractivity contribution in [2.24, 2.45) is 0 Å². The Hall–Kier alpha value is -1.63. The number of sulfonamides is 1. The maximum atomic E-state index is 13.7. The molecule has 0 atom stereocenters. The standard InChI is InChI=1S/C15H16ClFN2O2S/c1-19(2)13-6-3-11(4-7-13)10-18-22(20,21)15-8-5-12(16)9-14(15)17/h3-9,18H,10H2,1-2H3. The third-order valence-electron chi connectivity index (χ3n) is 3.10. The first-order chi connectivity index (χ1) is 10.3. The molecule has 4 nitrogen and oxygen atoms in total. The lowest BCUT2D eigenvalue weighted by atomic mass is 10.2. The van der Waals surface area contributed by atoms with Crippen molar-refractivity contribution in [1.29, 1.82) is 0 Å². The van der Waals surface area contributed by atoms with Crippen LogP contribution in [0.15, 0.2) is 47.4 Å². The Bertz CT molecular complexity index is 762. The molecule has 1 N–H and O–H groups in total. The van der Waals surface area contributed by atoms with Gasteiger partial charge in [0, 0.05) is 31.4 Å². The van der Waals surface area contributed by atoms with E-state index in [9.17, 15) is 12.8 Å². The molecule has 2 rings (SSSR count). The molecule has 7 heteroatoms. The topological polar surface area (TPSA) is 49.4 Å². The monoisotopic (exact) mass is 342 g/mol. The SMILES string of the molecule is CN(C)c1ccc(CNS(=O)(=O)c2ccc(Cl)cc2F)cc1. The Morgan fingerprint density at radius 3 is 2.32 bits per heavy atom. The van der Waals surface area contributed by atoms with Crippen LogP contribution >= 0.6 is 11.6 Å². The largest absolute Gasteiger partial charge is 0.378 e. The molecule has 0 aliphatic carbocycles. The van der Waals surface area contributed by atoms with Gasteiger partial charge in [0.1, 0.15) is 10.7 Å². The zero-order chi connectivity index (χ0) is 16.3. The third kappa shape index (κ3) is 3.97. The molecule has 0 aromatic heterocycles. The lowest BCUT2D eigenvalue weighted by Gasteiger charge is -2.13. The van der Waals surface area contributed by atoms with Crippen LogP contribution in [0.2, 0.25) is 5.02 Å². The first-order valence-electron chi connectivity index (χ1n) is 6.50. The minimum atomic E-state index is -3.93. The van der Waals surface area contributed by atoms with Crippen LogP contribution in [0.1, 0.15) is 5.56 Å². The van der Waals surface area contributed by atoms with Crippen LogP contribution in [0, 0.1) is 5.82 Å². The van der Waals surface area contributed by atoms with Gasteiger partial charge in [-0.05, 0) is 35.9 Å². The van der Waals surface area contributed by atoms with Crippen LogP contribution in [0.4, 0.5) is 10.1 Å². The zero-order valence-electron chi connectivity index (χ0n) is 12.2. The summed E-state index contributed by atoms with van der Waals surface area (Å²) >= 11 is 5.62. The summed E-state index contributed by atoms with van der Waals surface area (Å²) in [7, 11) is -0.0910. The minimum absolute atomic E-state index is 0.0815. The van der Waals surface area contributed by atoms with Crippen molar-refractivity contribution < 1.29 is 12.8 Å². The molecule has 0 radical (unpaired) electrons. The molecule has 22 heavy (non-hydrogen) atoms. The van der Waals surface area contributed by atoms with Gasteiger partial charge in [-0.3, -0.25) is 0 Å². The van der Waals surface area contributed by atoms with E-state index in [0.717, 1.165) is 23.4 Å². The van der Waals surface area contributed by atoms with E-state index < -0.39 is 20.7 Å². The van der Waals surface area contributed by atoms with E-state index >= 15 is 0 Å². The molecule has 0 spiro atoms. The van der Waals surface area contributed by atoms with Gasteiger partial charge in [-0.2, -0.15) is 0 Å². The van der Waals surface area contributed by atoms with Gasteiger partial charge in [0.15, 0.2) is 0 Å². The number of halogens is 2. The Labute approximate surface area is 134 Å². The predicted molar refractivity (Wildman–Crippen MR) is 86.2 cm³/mol. The van der Waals surface area contributed by atoms with Crippen molar-refractivity contribution in [2.45, 2.75) is 11.4 Å². The lowest BCUT2D eigenvalue weighted by molar-refractivity contribution is 0.557. The van der Waals surface area contributed by atoms with Crippen molar-refractivity contribution in [2.75, 3.05) is 19.0 Å². The second-order valence-corrected chi connectivity index (χ2v) is 7.13. The number of anilines is 1. The molecule has 0 fully saturated rings. The van der Waals surface area contributed by atoms with Crippen LogP contribution < -0.4 is 9.62 Å². The summed E-state index contributed by atoms with van der Waals surface area (Å²) in [6.07, 6.45) is 0. The fourth-order valence-corrected chi connectivity index (χ4v) is 3.09. The van der Waals surface area contributed by atoms with Crippen LogP contribution in [-0.4, -0.2) is 22.5 Å². The van der Waals surface area contributed by atoms with E-state index in [-0.39, 0.29) is 11.6 Å². The molecule has 0 saturated carbocycles. The van der Waals surface area contributed by atoms with Crippen LogP contribution in [0.5, 0.6) is 0 Å². The minimum Gasteiger partial charge on any atom is -0.378 e. The van der Waals surface area contributed by atoms with Gasteiger partial charge in [0.05, 0.1) is 0 Å². The first kappa shape index (κ1) is 16.7. The first-order valence-corrected chi connectivity index (χ1v) is 8.37. The molecule has 0 bridgehead atoms. The summed E-state index contributed by atoms with van der Waals surface area (Å²) in [6.45, 7) is 0.0815. The molecule has 0 heterocycles.